The molecule has 19 heavy (non-hydrogen) atoms. The van der Waals surface area contributed by atoms with E-state index in [1.807, 2.05) is 4.90 Å². The van der Waals surface area contributed by atoms with Crippen LogP contribution in [0.25, 0.3) is 0 Å². The molecule has 1 atom stereocenters. The summed E-state index contributed by atoms with van der Waals surface area (Å²) in [6.07, 6.45) is 2.17. The van der Waals surface area contributed by atoms with Crippen molar-refractivity contribution in [3.05, 3.63) is 29.8 Å². The van der Waals surface area contributed by atoms with Crippen LogP contribution in [-0.4, -0.2) is 43.9 Å². The molecule has 1 aliphatic rings. The third-order valence-electron chi connectivity index (χ3n) is 3.32. The first-order valence-corrected chi connectivity index (χ1v) is 9.08. The number of halogens is 1. The highest BCUT2D eigenvalue weighted by molar-refractivity contribution is 9.09. The first-order chi connectivity index (χ1) is 8.91. The van der Waals surface area contributed by atoms with Gasteiger partial charge in [-0.25, -0.2) is 8.42 Å². The molecule has 6 heteroatoms. The highest BCUT2D eigenvalue weighted by Crippen LogP contribution is 2.21. The number of benzene rings is 1. The topological polar surface area (TPSA) is 54.5 Å². The van der Waals surface area contributed by atoms with Crippen LogP contribution in [0.5, 0.6) is 0 Å². The number of sulfone groups is 1. The molecule has 1 fully saturated rings. The molecule has 0 saturated carbocycles. The Labute approximate surface area is 121 Å². The van der Waals surface area contributed by atoms with Crippen LogP contribution in [0.3, 0.4) is 0 Å². The van der Waals surface area contributed by atoms with E-state index < -0.39 is 9.84 Å². The lowest BCUT2D eigenvalue weighted by atomic mass is 10.2. The van der Waals surface area contributed by atoms with Gasteiger partial charge in [0.1, 0.15) is 0 Å². The van der Waals surface area contributed by atoms with Crippen molar-refractivity contribution in [1.29, 1.82) is 0 Å². The summed E-state index contributed by atoms with van der Waals surface area (Å²) in [4.78, 5) is 14.3. The molecule has 1 aromatic carbocycles. The minimum atomic E-state index is -3.21. The molecule has 0 aliphatic carbocycles. The van der Waals surface area contributed by atoms with Crippen LogP contribution in [0.4, 0.5) is 0 Å². The van der Waals surface area contributed by atoms with Gasteiger partial charge in [0.05, 0.1) is 4.90 Å². The van der Waals surface area contributed by atoms with Gasteiger partial charge in [0.25, 0.3) is 5.91 Å². The fraction of sp³-hybridized carbons (Fsp3) is 0.462. The number of likely N-dealkylation sites (tertiary alicyclic amines) is 1. The minimum Gasteiger partial charge on any atom is -0.338 e. The third kappa shape index (κ3) is 3.36. The molecule has 0 aromatic heterocycles. The van der Waals surface area contributed by atoms with E-state index >= 15 is 0 Å². The lowest BCUT2D eigenvalue weighted by Gasteiger charge is -2.16. The standard InChI is InChI=1S/C13H16BrNO3S/c1-19(17,18)12-4-2-11(3-5-12)13(16)15-7-6-10(8-14)9-15/h2-5,10H,6-9H2,1H3. The van der Waals surface area contributed by atoms with E-state index in [4.69, 9.17) is 0 Å². The number of rotatable bonds is 3. The van der Waals surface area contributed by atoms with Gasteiger partial charge >= 0.3 is 0 Å². The summed E-state index contributed by atoms with van der Waals surface area (Å²) >= 11 is 3.44. The average molecular weight is 346 g/mol. The number of amides is 1. The minimum absolute atomic E-state index is 0.0245. The zero-order valence-electron chi connectivity index (χ0n) is 10.7. The maximum absolute atomic E-state index is 12.2. The molecule has 0 N–H and O–H groups in total. The maximum atomic E-state index is 12.2. The largest absolute Gasteiger partial charge is 0.338 e. The highest BCUT2D eigenvalue weighted by Gasteiger charge is 2.26. The number of alkyl halides is 1. The van der Waals surface area contributed by atoms with Crippen LogP contribution in [0, 0.1) is 5.92 Å². The second-order valence-electron chi connectivity index (χ2n) is 4.86. The fourth-order valence-corrected chi connectivity index (χ4v) is 3.33. The number of hydrogen-bond donors (Lipinski definition) is 0. The first-order valence-electron chi connectivity index (χ1n) is 6.07. The second kappa shape index (κ2) is 5.63. The van der Waals surface area contributed by atoms with Gasteiger partial charge < -0.3 is 4.90 Å². The summed E-state index contributed by atoms with van der Waals surface area (Å²) < 4.78 is 22.7. The van der Waals surface area contributed by atoms with Crippen molar-refractivity contribution in [2.45, 2.75) is 11.3 Å². The summed E-state index contributed by atoms with van der Waals surface area (Å²) in [6, 6.07) is 6.14. The van der Waals surface area contributed by atoms with Crippen LogP contribution in [-0.2, 0) is 9.84 Å². The molecule has 104 valence electrons. The van der Waals surface area contributed by atoms with E-state index in [9.17, 15) is 13.2 Å². The quantitative estimate of drug-likeness (QED) is 0.786. The molecule has 1 saturated heterocycles. The number of nitrogens with zero attached hydrogens (tertiary/aromatic N) is 1. The monoisotopic (exact) mass is 345 g/mol. The van der Waals surface area contributed by atoms with Crippen LogP contribution < -0.4 is 0 Å². The van der Waals surface area contributed by atoms with E-state index in [2.05, 4.69) is 15.9 Å². The number of carbonyl (C=O) groups excluding carboxylic acids is 1. The average Bonchev–Trinajstić information content (AvgIpc) is 2.86. The van der Waals surface area contributed by atoms with E-state index in [0.29, 0.717) is 11.5 Å². The number of hydrogen-bond acceptors (Lipinski definition) is 3. The van der Waals surface area contributed by atoms with Gasteiger partial charge in [-0.2, -0.15) is 0 Å². The van der Waals surface area contributed by atoms with Gasteiger partial charge in [-0.3, -0.25) is 4.79 Å². The maximum Gasteiger partial charge on any atom is 0.253 e. The Morgan fingerprint density at radius 2 is 2.00 bits per heavy atom. The molecule has 2 rings (SSSR count). The Balaban J connectivity index is 2.13. The summed E-state index contributed by atoms with van der Waals surface area (Å²) in [7, 11) is -3.21. The van der Waals surface area contributed by atoms with Crippen molar-refractivity contribution in [1.82, 2.24) is 4.90 Å². The smallest absolute Gasteiger partial charge is 0.253 e. The zero-order chi connectivity index (χ0) is 14.0. The lowest BCUT2D eigenvalue weighted by molar-refractivity contribution is 0.0788. The Morgan fingerprint density at radius 1 is 1.37 bits per heavy atom. The van der Waals surface area contributed by atoms with E-state index in [0.717, 1.165) is 31.1 Å². The Hall–Kier alpha value is -0.880. The highest BCUT2D eigenvalue weighted by atomic mass is 79.9. The van der Waals surface area contributed by atoms with Gasteiger partial charge in [0, 0.05) is 30.2 Å². The molecule has 0 bridgehead atoms. The first kappa shape index (κ1) is 14.5. The predicted octanol–water partition coefficient (Wildman–Crippen LogP) is 1.95. The molecule has 1 aliphatic heterocycles. The molecule has 0 radical (unpaired) electrons. The summed E-state index contributed by atoms with van der Waals surface area (Å²) in [5.74, 6) is 0.489. The molecule has 1 unspecified atom stereocenters. The molecule has 1 heterocycles. The SMILES string of the molecule is CS(=O)(=O)c1ccc(C(=O)N2CCC(CBr)C2)cc1. The van der Waals surface area contributed by atoms with Gasteiger partial charge in [-0.15, -0.1) is 0 Å². The lowest BCUT2D eigenvalue weighted by Crippen LogP contribution is -2.28. The van der Waals surface area contributed by atoms with E-state index in [1.165, 1.54) is 12.1 Å². The third-order valence-corrected chi connectivity index (χ3v) is 5.36. The molecule has 1 aromatic rings. The van der Waals surface area contributed by atoms with Gasteiger partial charge in [0.15, 0.2) is 9.84 Å². The molecular weight excluding hydrogens is 330 g/mol. The second-order valence-corrected chi connectivity index (χ2v) is 7.52. The van der Waals surface area contributed by atoms with Crippen molar-refractivity contribution < 1.29 is 13.2 Å². The normalized spacial score (nSPS) is 19.7. The van der Waals surface area contributed by atoms with Crippen molar-refractivity contribution in [2.75, 3.05) is 24.7 Å². The van der Waals surface area contributed by atoms with Crippen LogP contribution in [0.1, 0.15) is 16.8 Å². The van der Waals surface area contributed by atoms with Gasteiger partial charge in [-0.1, -0.05) is 15.9 Å². The summed E-state index contributed by atoms with van der Waals surface area (Å²) in [5, 5.41) is 0.907. The zero-order valence-corrected chi connectivity index (χ0v) is 13.1. The van der Waals surface area contributed by atoms with E-state index in [1.54, 1.807) is 12.1 Å². The Morgan fingerprint density at radius 3 is 2.47 bits per heavy atom. The van der Waals surface area contributed by atoms with Crippen molar-refractivity contribution in [2.24, 2.45) is 5.92 Å². The van der Waals surface area contributed by atoms with Crippen LogP contribution >= 0.6 is 15.9 Å². The molecule has 1 amide bonds. The molecule has 4 nitrogen and oxygen atoms in total. The predicted molar refractivity (Wildman–Crippen MR) is 77.4 cm³/mol. The summed E-state index contributed by atoms with van der Waals surface area (Å²) in [5.41, 5.74) is 0.544. The molecule has 0 spiro atoms. The van der Waals surface area contributed by atoms with Gasteiger partial charge in [-0.05, 0) is 36.6 Å². The summed E-state index contributed by atoms with van der Waals surface area (Å²) in [6.45, 7) is 1.53. The van der Waals surface area contributed by atoms with Crippen molar-refractivity contribution in [3.63, 3.8) is 0 Å². The fourth-order valence-electron chi connectivity index (χ4n) is 2.17. The van der Waals surface area contributed by atoms with Crippen molar-refractivity contribution >= 4 is 31.7 Å². The van der Waals surface area contributed by atoms with Crippen molar-refractivity contribution in [3.8, 4) is 0 Å². The number of carbonyl (C=O) groups is 1. The van der Waals surface area contributed by atoms with Gasteiger partial charge in [0.2, 0.25) is 0 Å². The molecular formula is C13H16BrNO3S. The van der Waals surface area contributed by atoms with E-state index in [-0.39, 0.29) is 10.8 Å². The Kier molecular flexibility index (Phi) is 4.30. The Bertz CT molecular complexity index is 568. The van der Waals surface area contributed by atoms with Crippen LogP contribution in [0.2, 0.25) is 0 Å². The van der Waals surface area contributed by atoms with Crippen LogP contribution in [0.15, 0.2) is 29.2 Å².